The Morgan fingerprint density at radius 1 is 0.774 bits per heavy atom. The molecule has 2 aliphatic carbocycles. The number of anilines is 1. The number of allylic oxidation sites excluding steroid dienone is 10. The van der Waals surface area contributed by atoms with E-state index in [4.69, 9.17) is 30.5 Å². The molecule has 11 nitrogen and oxygen atoms in total. The van der Waals surface area contributed by atoms with Gasteiger partial charge < -0.3 is 23.8 Å². The highest BCUT2D eigenvalue weighted by molar-refractivity contribution is 7.86. The monoisotopic (exact) mass is 785 g/mol. The van der Waals surface area contributed by atoms with Gasteiger partial charge in [0.15, 0.2) is 23.0 Å². The van der Waals surface area contributed by atoms with Crippen molar-refractivity contribution in [3.8, 4) is 23.0 Å². The molecule has 0 bridgehead atoms. The molecule has 0 spiro atoms. The summed E-state index contributed by atoms with van der Waals surface area (Å²) in [5, 5.41) is 0.666. The number of fused-ring (bicyclic) bond motifs is 4. The van der Waals surface area contributed by atoms with E-state index in [1.807, 2.05) is 30.3 Å². The van der Waals surface area contributed by atoms with Crippen LogP contribution in [0, 0.1) is 0 Å². The van der Waals surface area contributed by atoms with E-state index in [1.165, 1.54) is 0 Å². The smallest absolute Gasteiger partial charge is 0.264 e. The average Bonchev–Trinajstić information content (AvgIpc) is 3.81. The highest BCUT2D eigenvalue weighted by Gasteiger charge is 2.42. The van der Waals surface area contributed by atoms with Gasteiger partial charge in [-0.2, -0.15) is 16.8 Å². The van der Waals surface area contributed by atoms with Crippen LogP contribution >= 0.6 is 11.6 Å². The maximum atomic E-state index is 11.6. The lowest BCUT2D eigenvalue weighted by Gasteiger charge is -2.27. The van der Waals surface area contributed by atoms with Gasteiger partial charge in [-0.05, 0) is 102 Å². The van der Waals surface area contributed by atoms with Crippen LogP contribution in [-0.4, -0.2) is 57.6 Å². The number of rotatable bonds is 11. The van der Waals surface area contributed by atoms with Crippen LogP contribution in [0.15, 0.2) is 76.0 Å². The number of hydrogen-bond acceptors (Lipinski definition) is 9. The third-order valence-corrected chi connectivity index (χ3v) is 13.0. The van der Waals surface area contributed by atoms with Crippen molar-refractivity contribution >= 4 is 43.1 Å². The lowest BCUT2D eigenvalue weighted by atomic mass is 9.80. The van der Waals surface area contributed by atoms with Crippen molar-refractivity contribution in [2.24, 2.45) is 0 Å². The molecular formula is C39H44ClNO10S2. The van der Waals surface area contributed by atoms with Crippen LogP contribution in [0.5, 0.6) is 23.0 Å². The van der Waals surface area contributed by atoms with E-state index in [0.29, 0.717) is 41.0 Å². The van der Waals surface area contributed by atoms with Gasteiger partial charge in [0.25, 0.3) is 20.2 Å². The van der Waals surface area contributed by atoms with Gasteiger partial charge in [0, 0.05) is 39.9 Å². The van der Waals surface area contributed by atoms with E-state index in [2.05, 4.69) is 50.8 Å². The normalized spacial score (nSPS) is 21.5. The van der Waals surface area contributed by atoms with Gasteiger partial charge >= 0.3 is 0 Å². The van der Waals surface area contributed by atoms with Crippen LogP contribution in [0.1, 0.15) is 82.9 Å². The zero-order valence-electron chi connectivity index (χ0n) is 30.2. The molecule has 2 aromatic rings. The summed E-state index contributed by atoms with van der Waals surface area (Å²) in [6.45, 7) is 9.15. The van der Waals surface area contributed by atoms with Crippen molar-refractivity contribution in [1.82, 2.24) is 0 Å². The van der Waals surface area contributed by atoms with Crippen LogP contribution in [0.2, 0.25) is 0 Å². The van der Waals surface area contributed by atoms with Crippen LogP contribution in [0.3, 0.4) is 0 Å². The Bertz CT molecular complexity index is 2250. The summed E-state index contributed by atoms with van der Waals surface area (Å²) in [5.74, 6) is 1.93. The summed E-state index contributed by atoms with van der Waals surface area (Å²) < 4.78 is 88.0. The first-order valence-electron chi connectivity index (χ1n) is 17.7. The summed E-state index contributed by atoms with van der Waals surface area (Å²) in [4.78, 5) is 2.09. The van der Waals surface area contributed by atoms with E-state index in [1.54, 1.807) is 0 Å². The molecule has 0 atom stereocenters. The molecule has 0 amide bonds. The second kappa shape index (κ2) is 13.8. The van der Waals surface area contributed by atoms with Gasteiger partial charge in [-0.3, -0.25) is 9.11 Å². The standard InChI is InChI=1S/C39H44ClNO10S2/c1-38(2)28(26(10-6-16-52(42,43)44)27-18-32-33(19-29(27)38)49-22-48-32)13-11-24-8-5-9-25(37(24)40)12-14-36-39(3,4)30-20-34-35(51-23-50-34)21-31(30)41(36)15-7-17-53(45,46)47/h11-14,18-21H,5-10,15-17,22-23H2,1-4H3,(H,42,43,44)(H,45,46,47)/b13-11+,25-12+,36-14-. The Kier molecular flexibility index (Phi) is 9.80. The van der Waals surface area contributed by atoms with E-state index < -0.39 is 31.1 Å². The fourth-order valence-corrected chi connectivity index (χ4v) is 9.48. The van der Waals surface area contributed by atoms with Crippen molar-refractivity contribution in [2.45, 2.75) is 77.0 Å². The minimum atomic E-state index is -4.12. The molecule has 14 heteroatoms. The quantitative estimate of drug-likeness (QED) is 0.214. The van der Waals surface area contributed by atoms with Crippen LogP contribution in [0.4, 0.5) is 5.69 Å². The summed E-state index contributed by atoms with van der Waals surface area (Å²) in [7, 11) is -8.24. The van der Waals surface area contributed by atoms with Crippen LogP contribution in [0.25, 0.3) is 5.57 Å². The lowest BCUT2D eigenvalue weighted by molar-refractivity contribution is 0.173. The van der Waals surface area contributed by atoms with E-state index >= 15 is 0 Å². The maximum Gasteiger partial charge on any atom is 0.264 e. The number of hydrogen-bond donors (Lipinski definition) is 2. The summed E-state index contributed by atoms with van der Waals surface area (Å²) in [6, 6.07) is 7.89. The molecule has 0 fully saturated rings. The Hall–Kier alpha value is -3.75. The Morgan fingerprint density at radius 3 is 2.04 bits per heavy atom. The van der Waals surface area contributed by atoms with Crippen molar-refractivity contribution in [1.29, 1.82) is 0 Å². The fourth-order valence-electron chi connectivity index (χ4n) is 8.16. The second-order valence-electron chi connectivity index (χ2n) is 15.1. The summed E-state index contributed by atoms with van der Waals surface area (Å²) in [6.07, 6.45) is 11.6. The third-order valence-electron chi connectivity index (χ3n) is 10.9. The average molecular weight is 786 g/mol. The molecule has 5 aliphatic rings. The molecular weight excluding hydrogens is 742 g/mol. The summed E-state index contributed by atoms with van der Waals surface area (Å²) >= 11 is 7.16. The van der Waals surface area contributed by atoms with Crippen molar-refractivity contribution < 1.29 is 44.9 Å². The predicted molar refractivity (Wildman–Crippen MR) is 204 cm³/mol. The van der Waals surface area contributed by atoms with Gasteiger partial charge in [0.2, 0.25) is 13.6 Å². The molecule has 0 aromatic heterocycles. The molecule has 53 heavy (non-hydrogen) atoms. The zero-order chi connectivity index (χ0) is 37.9. The lowest BCUT2D eigenvalue weighted by Crippen LogP contribution is -2.28. The topological polar surface area (TPSA) is 149 Å². The van der Waals surface area contributed by atoms with Crippen molar-refractivity contribution in [2.75, 3.05) is 36.5 Å². The van der Waals surface area contributed by atoms with Crippen molar-refractivity contribution in [3.63, 3.8) is 0 Å². The Labute approximate surface area is 316 Å². The number of nitrogens with zero attached hydrogens (tertiary/aromatic N) is 1. The molecule has 0 unspecified atom stereocenters. The van der Waals surface area contributed by atoms with Crippen molar-refractivity contribution in [3.05, 3.63) is 92.7 Å². The minimum absolute atomic E-state index is 0.140. The number of halogens is 1. The first kappa shape index (κ1) is 37.6. The SMILES string of the molecule is CC1(C)C(/C=C/C2=C(Cl)C(=C/C=C3\N(CCCS(=O)(=O)O)c4cc5c(cc4C3(C)C)OCO5)/CCC2)=C(CCCS(=O)(=O)O)c2cc3c(cc21)OCO3. The first-order chi connectivity index (χ1) is 24.9. The number of ether oxygens (including phenoxy) is 4. The highest BCUT2D eigenvalue weighted by Crippen LogP contribution is 2.54. The highest BCUT2D eigenvalue weighted by atomic mass is 35.5. The maximum absolute atomic E-state index is 11.6. The van der Waals surface area contributed by atoms with Crippen LogP contribution < -0.4 is 23.8 Å². The number of benzene rings is 2. The molecule has 0 radical (unpaired) electrons. The molecule has 2 N–H and O–H groups in total. The predicted octanol–water partition coefficient (Wildman–Crippen LogP) is 7.98. The van der Waals surface area contributed by atoms with E-state index in [0.717, 1.165) is 69.6 Å². The zero-order valence-corrected chi connectivity index (χ0v) is 32.6. The van der Waals surface area contributed by atoms with Gasteiger partial charge in [0.05, 0.1) is 11.5 Å². The largest absolute Gasteiger partial charge is 0.454 e. The molecule has 7 rings (SSSR count). The van der Waals surface area contributed by atoms with Gasteiger partial charge in [-0.15, -0.1) is 0 Å². The Balaban J connectivity index is 1.22. The summed E-state index contributed by atoms with van der Waals surface area (Å²) in [5.41, 5.74) is 8.02. The molecule has 3 heterocycles. The van der Waals surface area contributed by atoms with Crippen LogP contribution in [-0.2, 0) is 31.1 Å². The molecule has 0 saturated heterocycles. The van der Waals surface area contributed by atoms with Gasteiger partial charge in [-0.1, -0.05) is 57.5 Å². The molecule has 284 valence electrons. The van der Waals surface area contributed by atoms with Gasteiger partial charge in [0.1, 0.15) is 0 Å². The fraction of sp³-hybridized carbons (Fsp3) is 0.436. The third kappa shape index (κ3) is 7.38. The van der Waals surface area contributed by atoms with Gasteiger partial charge in [-0.25, -0.2) is 0 Å². The first-order valence-corrected chi connectivity index (χ1v) is 21.3. The van der Waals surface area contributed by atoms with E-state index in [-0.39, 0.29) is 37.9 Å². The molecule has 2 aromatic carbocycles. The minimum Gasteiger partial charge on any atom is -0.454 e. The molecule has 3 aliphatic heterocycles. The second-order valence-corrected chi connectivity index (χ2v) is 18.6. The Morgan fingerprint density at radius 2 is 1.38 bits per heavy atom. The molecule has 0 saturated carbocycles. The van der Waals surface area contributed by atoms with E-state index in [9.17, 15) is 25.9 Å².